The topological polar surface area (TPSA) is 63.1 Å². The lowest BCUT2D eigenvalue weighted by atomic mass is 10.2. The summed E-state index contributed by atoms with van der Waals surface area (Å²) in [5.74, 6) is 1.94. The molecule has 0 radical (unpaired) electrons. The fourth-order valence-electron chi connectivity index (χ4n) is 2.08. The first kappa shape index (κ1) is 16.3. The summed E-state index contributed by atoms with van der Waals surface area (Å²) >= 11 is 1.35. The van der Waals surface area contributed by atoms with Crippen molar-refractivity contribution in [3.8, 4) is 11.5 Å². The molecule has 0 atom stereocenters. The molecule has 0 aromatic heterocycles. The lowest BCUT2D eigenvalue weighted by Gasteiger charge is -2.06. The Kier molecular flexibility index (Phi) is 5.28. The van der Waals surface area contributed by atoms with Crippen LogP contribution in [0.1, 0.15) is 18.1 Å². The van der Waals surface area contributed by atoms with E-state index in [-0.39, 0.29) is 5.91 Å². The molecule has 1 N–H and O–H groups in total. The highest BCUT2D eigenvalue weighted by molar-refractivity contribution is 8.15. The Hall–Kier alpha value is -2.60. The maximum absolute atomic E-state index is 11.0. The van der Waals surface area contributed by atoms with Crippen LogP contribution in [0.4, 0.5) is 0 Å². The van der Waals surface area contributed by atoms with E-state index in [1.807, 2.05) is 36.4 Å². The second-order valence-corrected chi connectivity index (χ2v) is 6.12. The van der Waals surface area contributed by atoms with E-state index < -0.39 is 0 Å². The molecule has 1 aliphatic rings. The first-order valence-electron chi connectivity index (χ1n) is 7.63. The summed E-state index contributed by atoms with van der Waals surface area (Å²) in [6.45, 7) is 2.13. The second-order valence-electron chi connectivity index (χ2n) is 5.16. The van der Waals surface area contributed by atoms with Crippen molar-refractivity contribution in [2.75, 3.05) is 5.75 Å². The van der Waals surface area contributed by atoms with Crippen LogP contribution in [0.3, 0.4) is 0 Å². The van der Waals surface area contributed by atoms with E-state index in [1.54, 1.807) is 6.21 Å². The SMILES string of the molecule is CCc1ccc(Oc2ccc(C=NN=C3NC(=O)CS3)cc2)cc1. The van der Waals surface area contributed by atoms with Gasteiger partial charge in [-0.2, -0.15) is 5.10 Å². The third-order valence-corrected chi connectivity index (χ3v) is 4.25. The number of hydrogen-bond acceptors (Lipinski definition) is 5. The van der Waals surface area contributed by atoms with Crippen LogP contribution in [0.5, 0.6) is 11.5 Å². The third-order valence-electron chi connectivity index (χ3n) is 3.39. The Balaban J connectivity index is 1.59. The molecule has 2 aromatic carbocycles. The Bertz CT molecular complexity index is 768. The number of benzene rings is 2. The van der Waals surface area contributed by atoms with Gasteiger partial charge in [-0.3, -0.25) is 4.79 Å². The molecule has 24 heavy (non-hydrogen) atoms. The maximum Gasteiger partial charge on any atom is 0.236 e. The van der Waals surface area contributed by atoms with Gasteiger partial charge in [-0.1, -0.05) is 30.8 Å². The fraction of sp³-hybridized carbons (Fsp3) is 0.167. The minimum absolute atomic E-state index is 0.0394. The predicted molar refractivity (Wildman–Crippen MR) is 98.0 cm³/mol. The smallest absolute Gasteiger partial charge is 0.236 e. The van der Waals surface area contributed by atoms with E-state index in [9.17, 15) is 4.79 Å². The zero-order chi connectivity index (χ0) is 16.8. The van der Waals surface area contributed by atoms with Gasteiger partial charge in [0.05, 0.1) is 12.0 Å². The molecule has 3 rings (SSSR count). The van der Waals surface area contributed by atoms with Crippen LogP contribution >= 0.6 is 11.8 Å². The summed E-state index contributed by atoms with van der Waals surface area (Å²) in [4.78, 5) is 11.0. The molecular formula is C18H17N3O2S. The normalized spacial score (nSPS) is 15.9. The van der Waals surface area contributed by atoms with Crippen molar-refractivity contribution in [1.29, 1.82) is 0 Å². The molecule has 1 fully saturated rings. The summed E-state index contributed by atoms with van der Waals surface area (Å²) in [5, 5.41) is 11.1. The first-order valence-corrected chi connectivity index (χ1v) is 8.62. The standard InChI is InChI=1S/C18H17N3O2S/c1-2-13-3-7-15(8-4-13)23-16-9-5-14(6-10-16)11-19-21-18-20-17(22)12-24-18/h3-11H,2,12H2,1H3,(H,20,21,22). The molecule has 2 aromatic rings. The van der Waals surface area contributed by atoms with E-state index in [0.717, 1.165) is 23.5 Å². The van der Waals surface area contributed by atoms with E-state index in [2.05, 4.69) is 34.6 Å². The van der Waals surface area contributed by atoms with Crippen LogP contribution in [0, 0.1) is 0 Å². The van der Waals surface area contributed by atoms with E-state index >= 15 is 0 Å². The van der Waals surface area contributed by atoms with Gasteiger partial charge in [0.25, 0.3) is 0 Å². The number of rotatable bonds is 5. The van der Waals surface area contributed by atoms with Gasteiger partial charge in [0.15, 0.2) is 5.17 Å². The van der Waals surface area contributed by atoms with Crippen LogP contribution in [0.25, 0.3) is 0 Å². The van der Waals surface area contributed by atoms with E-state index in [0.29, 0.717) is 10.9 Å². The summed E-state index contributed by atoms with van der Waals surface area (Å²) in [6.07, 6.45) is 2.65. The number of ether oxygens (including phenoxy) is 1. The molecule has 0 saturated carbocycles. The van der Waals surface area contributed by atoms with Crippen molar-refractivity contribution in [1.82, 2.24) is 5.32 Å². The molecule has 5 nitrogen and oxygen atoms in total. The van der Waals surface area contributed by atoms with Crippen molar-refractivity contribution in [2.24, 2.45) is 10.2 Å². The van der Waals surface area contributed by atoms with Crippen LogP contribution < -0.4 is 10.1 Å². The second kappa shape index (κ2) is 7.79. The highest BCUT2D eigenvalue weighted by atomic mass is 32.2. The Morgan fingerprint density at radius 3 is 2.38 bits per heavy atom. The van der Waals surface area contributed by atoms with Crippen molar-refractivity contribution in [3.05, 3.63) is 59.7 Å². The molecule has 0 bridgehead atoms. The molecule has 0 unspecified atom stereocenters. The van der Waals surface area contributed by atoms with Gasteiger partial charge >= 0.3 is 0 Å². The minimum Gasteiger partial charge on any atom is -0.457 e. The van der Waals surface area contributed by atoms with E-state index in [4.69, 9.17) is 4.74 Å². The van der Waals surface area contributed by atoms with Crippen molar-refractivity contribution in [2.45, 2.75) is 13.3 Å². The molecule has 1 amide bonds. The van der Waals surface area contributed by atoms with Crippen LogP contribution in [0.15, 0.2) is 58.7 Å². The fourth-order valence-corrected chi connectivity index (χ4v) is 2.71. The van der Waals surface area contributed by atoms with Crippen LogP contribution in [0.2, 0.25) is 0 Å². The molecule has 0 aliphatic carbocycles. The molecule has 1 saturated heterocycles. The van der Waals surface area contributed by atoms with Gasteiger partial charge in [-0.15, -0.1) is 5.10 Å². The lowest BCUT2D eigenvalue weighted by molar-refractivity contribution is -0.116. The minimum atomic E-state index is -0.0394. The first-order chi connectivity index (χ1) is 11.7. The highest BCUT2D eigenvalue weighted by Crippen LogP contribution is 2.22. The average molecular weight is 339 g/mol. The number of thioether (sulfide) groups is 1. The Labute approximate surface area is 144 Å². The van der Waals surface area contributed by atoms with Gasteiger partial charge in [-0.25, -0.2) is 0 Å². The lowest BCUT2D eigenvalue weighted by Crippen LogP contribution is -2.19. The van der Waals surface area contributed by atoms with Gasteiger partial charge in [0.1, 0.15) is 11.5 Å². The molecule has 1 heterocycles. The van der Waals surface area contributed by atoms with Crippen LogP contribution in [-0.4, -0.2) is 23.0 Å². The number of amides is 1. The van der Waals surface area contributed by atoms with Gasteiger partial charge < -0.3 is 10.1 Å². The zero-order valence-electron chi connectivity index (χ0n) is 13.2. The number of carbonyl (C=O) groups excluding carboxylic acids is 1. The monoisotopic (exact) mass is 339 g/mol. The number of nitrogens with zero attached hydrogens (tertiary/aromatic N) is 2. The number of carbonyl (C=O) groups is 1. The molecule has 122 valence electrons. The van der Waals surface area contributed by atoms with Crippen molar-refractivity contribution in [3.63, 3.8) is 0 Å². The Morgan fingerprint density at radius 1 is 1.12 bits per heavy atom. The maximum atomic E-state index is 11.0. The van der Waals surface area contributed by atoms with E-state index in [1.165, 1.54) is 17.3 Å². The van der Waals surface area contributed by atoms with Crippen molar-refractivity contribution < 1.29 is 9.53 Å². The largest absolute Gasteiger partial charge is 0.457 e. The quantitative estimate of drug-likeness (QED) is 0.669. The molecule has 1 aliphatic heterocycles. The summed E-state index contributed by atoms with van der Waals surface area (Å²) in [6, 6.07) is 15.6. The van der Waals surface area contributed by atoms with Gasteiger partial charge in [-0.05, 0) is 53.9 Å². The Morgan fingerprint density at radius 2 is 1.79 bits per heavy atom. The zero-order valence-corrected chi connectivity index (χ0v) is 14.0. The summed E-state index contributed by atoms with van der Waals surface area (Å²) < 4.78 is 5.81. The highest BCUT2D eigenvalue weighted by Gasteiger charge is 2.15. The van der Waals surface area contributed by atoms with Gasteiger partial charge in [0.2, 0.25) is 5.91 Å². The molecule has 0 spiro atoms. The summed E-state index contributed by atoms with van der Waals surface area (Å²) in [7, 11) is 0. The number of nitrogens with one attached hydrogen (secondary N) is 1. The van der Waals surface area contributed by atoms with Crippen molar-refractivity contribution >= 4 is 29.1 Å². The average Bonchev–Trinajstić information content (AvgIpc) is 3.02. The number of hydrogen-bond donors (Lipinski definition) is 1. The number of amidine groups is 1. The number of aryl methyl sites for hydroxylation is 1. The molecule has 6 heteroatoms. The van der Waals surface area contributed by atoms with Gasteiger partial charge in [0, 0.05) is 0 Å². The predicted octanol–water partition coefficient (Wildman–Crippen LogP) is 3.59. The molecular weight excluding hydrogens is 322 g/mol. The van der Waals surface area contributed by atoms with Crippen LogP contribution in [-0.2, 0) is 11.2 Å². The third kappa shape index (κ3) is 4.45. The summed E-state index contributed by atoms with van der Waals surface area (Å²) in [5.41, 5.74) is 2.19.